The minimum Gasteiger partial charge on any atom is -0.478 e. The summed E-state index contributed by atoms with van der Waals surface area (Å²) in [6.07, 6.45) is 2.36. The van der Waals surface area contributed by atoms with Crippen LogP contribution in [0.4, 0.5) is 14.9 Å². The van der Waals surface area contributed by atoms with Crippen LogP contribution in [0.25, 0.3) is 0 Å². The van der Waals surface area contributed by atoms with Crippen LogP contribution >= 0.6 is 0 Å². The molecule has 1 N–H and O–H groups in total. The third-order valence-corrected chi connectivity index (χ3v) is 6.88. The summed E-state index contributed by atoms with van der Waals surface area (Å²) in [5.41, 5.74) is -2.29. The van der Waals surface area contributed by atoms with Gasteiger partial charge in [0.05, 0.1) is 18.6 Å². The Bertz CT molecular complexity index is 1370. The first kappa shape index (κ1) is 29.5. The lowest BCUT2D eigenvalue weighted by atomic mass is 10.0. The van der Waals surface area contributed by atoms with Gasteiger partial charge < -0.3 is 23.4 Å². The van der Waals surface area contributed by atoms with Crippen LogP contribution in [-0.2, 0) is 24.4 Å². The van der Waals surface area contributed by atoms with Gasteiger partial charge in [-0.25, -0.2) is 14.1 Å². The highest BCUT2D eigenvalue weighted by Crippen LogP contribution is 2.30. The molecular weight excluding hydrogens is 541 g/mol. The van der Waals surface area contributed by atoms with Gasteiger partial charge in [-0.05, 0) is 32.4 Å². The van der Waals surface area contributed by atoms with Crippen LogP contribution in [0.15, 0.2) is 29.0 Å². The summed E-state index contributed by atoms with van der Waals surface area (Å²) in [6, 6.07) is 0.550. The third kappa shape index (κ3) is 6.71. The highest BCUT2D eigenvalue weighted by atomic mass is 32.2. The molecule has 1 aromatic heterocycles. The van der Waals surface area contributed by atoms with Gasteiger partial charge in [0.2, 0.25) is 11.5 Å². The van der Waals surface area contributed by atoms with E-state index >= 15 is 0 Å². The maximum atomic E-state index is 14.6. The fourth-order valence-corrected chi connectivity index (χ4v) is 4.71. The number of cyclic esters (lactones) is 1. The van der Waals surface area contributed by atoms with E-state index in [1.165, 1.54) is 21.0 Å². The molecule has 0 radical (unpaired) electrons. The van der Waals surface area contributed by atoms with E-state index in [0.717, 1.165) is 37.4 Å². The molecule has 39 heavy (non-hydrogen) atoms. The van der Waals surface area contributed by atoms with E-state index in [1.807, 2.05) is 6.92 Å². The molecule has 0 bridgehead atoms. The third-order valence-electron chi connectivity index (χ3n) is 5.65. The molecule has 3 rings (SSSR count). The van der Waals surface area contributed by atoms with Gasteiger partial charge in [0.15, 0.2) is 18.0 Å². The Hall–Kier alpha value is -4.01. The van der Waals surface area contributed by atoms with Crippen molar-refractivity contribution in [2.75, 3.05) is 18.2 Å². The standard InChI is InChI=1S/C24H28FN3O10S/c1-5-6-7-8-11-39(33,34)38-14-9-10-15(25)16(12-14)27-20(30)17(18(29)19-21(35-4)26-13-36-19)28-22(31)24(2,3)37-23(28)32/h9-10,12-13,17H,5-8,11H2,1-4H3,(H,27,30). The fraction of sp³-hybridized carbons (Fsp3) is 0.458. The number of imide groups is 1. The zero-order valence-corrected chi connectivity index (χ0v) is 22.5. The van der Waals surface area contributed by atoms with Crippen LogP contribution in [0.1, 0.15) is 57.0 Å². The maximum Gasteiger partial charge on any atom is 0.418 e. The second-order valence-corrected chi connectivity index (χ2v) is 10.7. The molecule has 1 atom stereocenters. The van der Waals surface area contributed by atoms with Crippen molar-refractivity contribution in [2.45, 2.75) is 58.1 Å². The zero-order chi connectivity index (χ0) is 29.0. The summed E-state index contributed by atoms with van der Waals surface area (Å²) in [7, 11) is -2.85. The van der Waals surface area contributed by atoms with Crippen LogP contribution < -0.4 is 14.2 Å². The number of halogens is 1. The lowest BCUT2D eigenvalue weighted by Gasteiger charge is -2.22. The molecule has 0 aliphatic carbocycles. The Labute approximate surface area is 223 Å². The van der Waals surface area contributed by atoms with Crippen molar-refractivity contribution in [3.05, 3.63) is 36.2 Å². The van der Waals surface area contributed by atoms with Gasteiger partial charge >= 0.3 is 16.2 Å². The quantitative estimate of drug-likeness (QED) is 0.163. The van der Waals surface area contributed by atoms with E-state index in [2.05, 4.69) is 10.3 Å². The van der Waals surface area contributed by atoms with E-state index in [-0.39, 0.29) is 22.3 Å². The Morgan fingerprint density at radius 3 is 2.54 bits per heavy atom. The number of ether oxygens (including phenoxy) is 2. The topological polar surface area (TPSA) is 171 Å². The number of ketones is 1. The maximum absolute atomic E-state index is 14.6. The van der Waals surface area contributed by atoms with Crippen molar-refractivity contribution in [1.82, 2.24) is 9.88 Å². The summed E-state index contributed by atoms with van der Waals surface area (Å²) < 4.78 is 59.2. The molecule has 1 saturated heterocycles. The monoisotopic (exact) mass is 569 g/mol. The van der Waals surface area contributed by atoms with Crippen LogP contribution in [-0.4, -0.2) is 66.5 Å². The summed E-state index contributed by atoms with van der Waals surface area (Å²) >= 11 is 0. The molecule has 3 amide bonds. The first-order valence-electron chi connectivity index (χ1n) is 11.9. The number of carbonyl (C=O) groups is 4. The molecule has 13 nitrogen and oxygen atoms in total. The lowest BCUT2D eigenvalue weighted by molar-refractivity contribution is -0.137. The molecule has 212 valence electrons. The minimum atomic E-state index is -4.02. The highest BCUT2D eigenvalue weighted by molar-refractivity contribution is 7.87. The van der Waals surface area contributed by atoms with Gasteiger partial charge in [-0.15, -0.1) is 0 Å². The number of hydrogen-bond acceptors (Lipinski definition) is 11. The number of benzene rings is 1. The summed E-state index contributed by atoms with van der Waals surface area (Å²) in [4.78, 5) is 56.0. The number of hydrogen-bond donors (Lipinski definition) is 1. The smallest absolute Gasteiger partial charge is 0.418 e. The Balaban J connectivity index is 1.91. The number of anilines is 1. The van der Waals surface area contributed by atoms with Crippen LogP contribution in [0.3, 0.4) is 0 Å². The average molecular weight is 570 g/mol. The van der Waals surface area contributed by atoms with E-state index in [4.69, 9.17) is 18.1 Å². The molecule has 15 heteroatoms. The van der Waals surface area contributed by atoms with Gasteiger partial charge in [0, 0.05) is 6.07 Å². The average Bonchev–Trinajstić information content (AvgIpc) is 3.41. The first-order chi connectivity index (χ1) is 18.3. The second-order valence-electron chi connectivity index (χ2n) is 9.05. The van der Waals surface area contributed by atoms with E-state index in [9.17, 15) is 32.0 Å². The molecule has 1 aliphatic heterocycles. The molecule has 1 aliphatic rings. The number of Topliss-reactive ketones (excluding diaryl/α,β-unsaturated/α-hetero) is 1. The highest BCUT2D eigenvalue weighted by Gasteiger charge is 2.54. The number of aromatic nitrogens is 1. The van der Waals surface area contributed by atoms with Gasteiger partial charge in [0.25, 0.3) is 17.7 Å². The number of unbranched alkanes of at least 4 members (excludes halogenated alkanes) is 3. The molecule has 1 fully saturated rings. The Morgan fingerprint density at radius 1 is 1.21 bits per heavy atom. The molecule has 1 unspecified atom stereocenters. The number of nitrogens with zero attached hydrogens (tertiary/aromatic N) is 2. The molecule has 0 saturated carbocycles. The normalized spacial score (nSPS) is 15.6. The summed E-state index contributed by atoms with van der Waals surface area (Å²) in [5, 5.41) is 2.11. The van der Waals surface area contributed by atoms with E-state index in [1.54, 1.807) is 0 Å². The number of amides is 3. The first-order valence-corrected chi connectivity index (χ1v) is 13.5. The fourth-order valence-electron chi connectivity index (χ4n) is 3.68. The Kier molecular flexibility index (Phi) is 8.94. The van der Waals surface area contributed by atoms with Gasteiger partial charge in [0.1, 0.15) is 11.6 Å². The van der Waals surface area contributed by atoms with Crippen LogP contribution in [0, 0.1) is 5.82 Å². The number of carbonyl (C=O) groups excluding carboxylic acids is 4. The van der Waals surface area contributed by atoms with E-state index < -0.39 is 62.7 Å². The number of rotatable bonds is 13. The zero-order valence-electron chi connectivity index (χ0n) is 21.7. The molecule has 1 aromatic carbocycles. The predicted molar refractivity (Wildman–Crippen MR) is 132 cm³/mol. The van der Waals surface area contributed by atoms with Crippen LogP contribution in [0.5, 0.6) is 11.6 Å². The number of oxazole rings is 1. The van der Waals surface area contributed by atoms with E-state index in [0.29, 0.717) is 12.8 Å². The van der Waals surface area contributed by atoms with Gasteiger partial charge in [-0.2, -0.15) is 13.4 Å². The van der Waals surface area contributed by atoms with Crippen LogP contribution in [0.2, 0.25) is 0 Å². The van der Waals surface area contributed by atoms with Crippen molar-refractivity contribution in [3.63, 3.8) is 0 Å². The largest absolute Gasteiger partial charge is 0.478 e. The lowest BCUT2D eigenvalue weighted by Crippen LogP contribution is -2.53. The number of nitrogens with one attached hydrogen (secondary N) is 1. The van der Waals surface area contributed by atoms with Crippen molar-refractivity contribution < 1.29 is 50.1 Å². The summed E-state index contributed by atoms with van der Waals surface area (Å²) in [6.45, 7) is 4.48. The molecule has 2 aromatic rings. The SMILES string of the molecule is CCCCCCS(=O)(=O)Oc1ccc(F)c(NC(=O)C(C(=O)c2ocnc2OC)N2C(=O)OC(C)(C)C2=O)c1. The summed E-state index contributed by atoms with van der Waals surface area (Å²) in [5.74, 6) is -6.08. The van der Waals surface area contributed by atoms with Gasteiger partial charge in [-0.1, -0.05) is 26.2 Å². The molecular formula is C24H28FN3O10S. The Morgan fingerprint density at radius 2 is 1.92 bits per heavy atom. The molecule has 2 heterocycles. The minimum absolute atomic E-state index is 0.267. The van der Waals surface area contributed by atoms with Crippen molar-refractivity contribution in [1.29, 1.82) is 0 Å². The number of methoxy groups -OCH3 is 1. The van der Waals surface area contributed by atoms with Gasteiger partial charge in [-0.3, -0.25) is 14.4 Å². The molecule has 0 spiro atoms. The second kappa shape index (κ2) is 11.8. The van der Waals surface area contributed by atoms with Crippen molar-refractivity contribution >= 4 is 39.5 Å². The van der Waals surface area contributed by atoms with Crippen molar-refractivity contribution in [3.8, 4) is 11.6 Å². The predicted octanol–water partition coefficient (Wildman–Crippen LogP) is 3.06. The van der Waals surface area contributed by atoms with Crippen molar-refractivity contribution in [2.24, 2.45) is 0 Å².